The van der Waals surface area contributed by atoms with Crippen LogP contribution >= 0.6 is 0 Å². The zero-order chi connectivity index (χ0) is 17.9. The summed E-state index contributed by atoms with van der Waals surface area (Å²) in [6, 6.07) is 9.64. The van der Waals surface area contributed by atoms with Crippen molar-refractivity contribution in [2.45, 2.75) is 18.8 Å². The third kappa shape index (κ3) is 3.19. The van der Waals surface area contributed by atoms with E-state index in [1.54, 1.807) is 0 Å². The van der Waals surface area contributed by atoms with Crippen molar-refractivity contribution in [3.63, 3.8) is 0 Å². The fourth-order valence-corrected chi connectivity index (χ4v) is 3.68. The quantitative estimate of drug-likeness (QED) is 0.919. The number of amides is 1. The molecular weight excluding hydrogens is 330 g/mol. The number of likely N-dealkylation sites (tertiary alicyclic amines) is 1. The fourth-order valence-electron chi connectivity index (χ4n) is 3.68. The maximum Gasteiger partial charge on any atom is 0.257 e. The number of carbonyl (C=O) groups excluding carboxylic acids is 1. The lowest BCUT2D eigenvalue weighted by Gasteiger charge is -2.34. The molecule has 0 spiro atoms. The summed E-state index contributed by atoms with van der Waals surface area (Å²) in [6.45, 7) is 2.47. The Bertz CT molecular complexity index is 809. The van der Waals surface area contributed by atoms with Crippen molar-refractivity contribution in [3.8, 4) is 11.5 Å². The number of fused-ring (bicyclic) bond motifs is 1. The van der Waals surface area contributed by atoms with Crippen molar-refractivity contribution >= 4 is 11.7 Å². The van der Waals surface area contributed by atoms with Crippen molar-refractivity contribution in [2.75, 3.05) is 38.7 Å². The number of piperidine rings is 1. The van der Waals surface area contributed by atoms with Gasteiger partial charge in [0.15, 0.2) is 11.5 Å². The molecule has 0 bridgehead atoms. The second kappa shape index (κ2) is 7.23. The van der Waals surface area contributed by atoms with Crippen LogP contribution in [-0.4, -0.2) is 49.1 Å². The molecule has 0 unspecified atom stereocenters. The first-order valence-corrected chi connectivity index (χ1v) is 9.08. The molecule has 0 aliphatic carbocycles. The Labute approximate surface area is 153 Å². The van der Waals surface area contributed by atoms with Gasteiger partial charge in [0.1, 0.15) is 19.0 Å². The summed E-state index contributed by atoms with van der Waals surface area (Å²) in [7, 11) is 1.86. The number of nitrogens with one attached hydrogen (secondary N) is 1. The van der Waals surface area contributed by atoms with Gasteiger partial charge in [-0.05, 0) is 42.7 Å². The van der Waals surface area contributed by atoms with Crippen LogP contribution in [0.15, 0.2) is 36.5 Å². The second-order valence-electron chi connectivity index (χ2n) is 6.64. The van der Waals surface area contributed by atoms with E-state index in [0.29, 0.717) is 42.7 Å². The van der Waals surface area contributed by atoms with Gasteiger partial charge in [0, 0.05) is 32.3 Å². The monoisotopic (exact) mass is 353 g/mol. The molecule has 1 amide bonds. The molecule has 1 aromatic carbocycles. The Morgan fingerprint density at radius 2 is 2.15 bits per heavy atom. The third-order valence-corrected chi connectivity index (χ3v) is 5.02. The number of benzene rings is 1. The summed E-state index contributed by atoms with van der Waals surface area (Å²) in [5, 5.41) is 3.08. The van der Waals surface area contributed by atoms with E-state index in [2.05, 4.69) is 16.4 Å². The Morgan fingerprint density at radius 1 is 1.27 bits per heavy atom. The number of anilines is 1. The number of pyridine rings is 1. The number of aromatic nitrogens is 1. The lowest BCUT2D eigenvalue weighted by atomic mass is 9.90. The van der Waals surface area contributed by atoms with Gasteiger partial charge in [0.2, 0.25) is 0 Å². The highest BCUT2D eigenvalue weighted by molar-refractivity contribution is 5.98. The average molecular weight is 353 g/mol. The highest BCUT2D eigenvalue weighted by Gasteiger charge is 2.29. The van der Waals surface area contributed by atoms with Crippen LogP contribution < -0.4 is 14.8 Å². The van der Waals surface area contributed by atoms with E-state index in [0.717, 1.165) is 25.2 Å². The third-order valence-electron chi connectivity index (χ3n) is 5.02. The lowest BCUT2D eigenvalue weighted by Crippen LogP contribution is -2.39. The topological polar surface area (TPSA) is 63.7 Å². The summed E-state index contributed by atoms with van der Waals surface area (Å²) in [4.78, 5) is 19.3. The van der Waals surface area contributed by atoms with Crippen LogP contribution in [0.2, 0.25) is 0 Å². The molecule has 3 heterocycles. The van der Waals surface area contributed by atoms with Crippen molar-refractivity contribution < 1.29 is 14.3 Å². The van der Waals surface area contributed by atoms with E-state index < -0.39 is 0 Å². The molecule has 2 aromatic rings. The predicted octanol–water partition coefficient (Wildman–Crippen LogP) is 2.91. The van der Waals surface area contributed by atoms with E-state index in [1.807, 2.05) is 42.4 Å². The minimum Gasteiger partial charge on any atom is -0.486 e. The standard InChI is InChI=1S/C20H23N3O3/c1-21-18-12-14(7-8-22-18)15-4-3-9-23(13-15)20(24)16-5-2-6-17-19(16)26-11-10-25-17/h2,5-8,12,15H,3-4,9-11,13H2,1H3,(H,21,22)/t15-/m1/s1. The molecule has 1 fully saturated rings. The van der Waals surface area contributed by atoms with Crippen LogP contribution in [0.3, 0.4) is 0 Å². The highest BCUT2D eigenvalue weighted by atomic mass is 16.6. The van der Waals surface area contributed by atoms with Crippen molar-refractivity contribution in [3.05, 3.63) is 47.7 Å². The van der Waals surface area contributed by atoms with E-state index in [9.17, 15) is 4.79 Å². The number of para-hydroxylation sites is 1. The molecule has 1 saturated heterocycles. The highest BCUT2D eigenvalue weighted by Crippen LogP contribution is 2.35. The number of rotatable bonds is 3. The predicted molar refractivity (Wildman–Crippen MR) is 99.1 cm³/mol. The van der Waals surface area contributed by atoms with Gasteiger partial charge in [-0.25, -0.2) is 4.98 Å². The van der Waals surface area contributed by atoms with Crippen LogP contribution in [0.4, 0.5) is 5.82 Å². The zero-order valence-corrected chi connectivity index (χ0v) is 14.9. The summed E-state index contributed by atoms with van der Waals surface area (Å²) in [6.07, 6.45) is 3.88. The Morgan fingerprint density at radius 3 is 3.04 bits per heavy atom. The number of hydrogen-bond acceptors (Lipinski definition) is 5. The Balaban J connectivity index is 1.55. The van der Waals surface area contributed by atoms with Gasteiger partial charge in [-0.2, -0.15) is 0 Å². The van der Waals surface area contributed by atoms with Crippen LogP contribution in [-0.2, 0) is 0 Å². The van der Waals surface area contributed by atoms with E-state index in [4.69, 9.17) is 9.47 Å². The van der Waals surface area contributed by atoms with E-state index in [-0.39, 0.29) is 5.91 Å². The van der Waals surface area contributed by atoms with E-state index in [1.165, 1.54) is 5.56 Å². The van der Waals surface area contributed by atoms with Crippen molar-refractivity contribution in [2.24, 2.45) is 0 Å². The van der Waals surface area contributed by atoms with Crippen LogP contribution in [0, 0.1) is 0 Å². The molecule has 0 saturated carbocycles. The average Bonchev–Trinajstić information content (AvgIpc) is 2.73. The first-order chi connectivity index (χ1) is 12.8. The van der Waals surface area contributed by atoms with Crippen LogP contribution in [0.25, 0.3) is 0 Å². The number of hydrogen-bond donors (Lipinski definition) is 1. The van der Waals surface area contributed by atoms with E-state index >= 15 is 0 Å². The maximum absolute atomic E-state index is 13.1. The van der Waals surface area contributed by atoms with Gasteiger partial charge in [0.05, 0.1) is 5.56 Å². The molecule has 26 heavy (non-hydrogen) atoms. The number of nitrogens with zero attached hydrogens (tertiary/aromatic N) is 2. The molecule has 2 aliphatic heterocycles. The molecule has 1 N–H and O–H groups in total. The van der Waals surface area contributed by atoms with Crippen molar-refractivity contribution in [1.29, 1.82) is 0 Å². The SMILES string of the molecule is CNc1cc([C@@H]2CCCN(C(=O)c3cccc4c3OCCO4)C2)ccn1. The zero-order valence-electron chi connectivity index (χ0n) is 14.9. The summed E-state index contributed by atoms with van der Waals surface area (Å²) >= 11 is 0. The second-order valence-corrected chi connectivity index (χ2v) is 6.64. The molecule has 2 aliphatic rings. The molecule has 136 valence electrons. The minimum absolute atomic E-state index is 0.0138. The Kier molecular flexibility index (Phi) is 4.65. The summed E-state index contributed by atoms with van der Waals surface area (Å²) in [5.41, 5.74) is 1.81. The summed E-state index contributed by atoms with van der Waals surface area (Å²) in [5.74, 6) is 2.42. The summed E-state index contributed by atoms with van der Waals surface area (Å²) < 4.78 is 11.3. The van der Waals surface area contributed by atoms with Gasteiger partial charge in [0.25, 0.3) is 5.91 Å². The molecular formula is C20H23N3O3. The molecule has 1 atom stereocenters. The molecule has 6 nitrogen and oxygen atoms in total. The molecule has 0 radical (unpaired) electrons. The first kappa shape index (κ1) is 16.7. The molecule has 1 aromatic heterocycles. The Hall–Kier alpha value is -2.76. The first-order valence-electron chi connectivity index (χ1n) is 9.08. The molecule has 6 heteroatoms. The number of carbonyl (C=O) groups is 1. The van der Waals surface area contributed by atoms with Gasteiger partial charge in [-0.1, -0.05) is 6.07 Å². The largest absolute Gasteiger partial charge is 0.486 e. The van der Waals surface area contributed by atoms with Gasteiger partial charge >= 0.3 is 0 Å². The molecule has 4 rings (SSSR count). The van der Waals surface area contributed by atoms with Gasteiger partial charge in [-0.15, -0.1) is 0 Å². The van der Waals surface area contributed by atoms with Gasteiger partial charge < -0.3 is 19.7 Å². The van der Waals surface area contributed by atoms with Crippen LogP contribution in [0.5, 0.6) is 11.5 Å². The van der Waals surface area contributed by atoms with Crippen LogP contribution in [0.1, 0.15) is 34.7 Å². The van der Waals surface area contributed by atoms with Gasteiger partial charge in [-0.3, -0.25) is 4.79 Å². The fraction of sp³-hybridized carbons (Fsp3) is 0.400. The normalized spacial score (nSPS) is 19.1. The lowest BCUT2D eigenvalue weighted by molar-refractivity contribution is 0.0697. The maximum atomic E-state index is 13.1. The number of ether oxygens (including phenoxy) is 2. The minimum atomic E-state index is 0.0138. The van der Waals surface area contributed by atoms with Crippen molar-refractivity contribution in [1.82, 2.24) is 9.88 Å². The smallest absolute Gasteiger partial charge is 0.257 e.